The third-order valence-electron chi connectivity index (χ3n) is 5.51. The highest BCUT2D eigenvalue weighted by Crippen LogP contribution is 2.40. The number of hydrogen-bond acceptors (Lipinski definition) is 7. The van der Waals surface area contributed by atoms with Crippen LogP contribution < -0.4 is 5.32 Å². The first kappa shape index (κ1) is 25.1. The molecule has 0 heterocycles. The van der Waals surface area contributed by atoms with Gasteiger partial charge in [0.05, 0.1) is 33.5 Å². The first-order valence-electron chi connectivity index (χ1n) is 10.8. The SMILES string of the molecule is Cc1cc([N+](=O)[O-])ccc1NC(=O)c1c(C)c(N=Nc2ccc(C#N)cc2)cc(C(C)(C)C)c1O. The largest absolute Gasteiger partial charge is 0.507 e. The van der Waals surface area contributed by atoms with Crippen molar-refractivity contribution in [2.24, 2.45) is 10.2 Å². The third kappa shape index (κ3) is 5.50. The molecule has 3 aromatic rings. The summed E-state index contributed by atoms with van der Waals surface area (Å²) in [5.41, 5.74) is 2.73. The van der Waals surface area contributed by atoms with Crippen molar-refractivity contribution < 1.29 is 14.8 Å². The number of azo groups is 1. The molecule has 3 aromatic carbocycles. The molecule has 178 valence electrons. The average Bonchev–Trinajstić information content (AvgIpc) is 2.79. The monoisotopic (exact) mass is 471 g/mol. The number of hydrogen-bond donors (Lipinski definition) is 2. The smallest absolute Gasteiger partial charge is 0.269 e. The topological polar surface area (TPSA) is 141 Å². The molecule has 0 radical (unpaired) electrons. The van der Waals surface area contributed by atoms with E-state index in [0.717, 1.165) is 0 Å². The van der Waals surface area contributed by atoms with Gasteiger partial charge in [0, 0.05) is 23.4 Å². The number of nitro benzene ring substituents is 1. The molecule has 0 aliphatic heterocycles. The standard InChI is InChI=1S/C26H25N5O4/c1-15-12-19(31(34)35)10-11-21(15)28-25(33)23-16(2)22(13-20(24(23)32)26(3,4)5)30-29-18-8-6-17(14-27)7-9-18/h6-13,32H,1-5H3,(H,28,33). The second-order valence-electron chi connectivity index (χ2n) is 9.11. The molecule has 9 nitrogen and oxygen atoms in total. The zero-order chi connectivity index (χ0) is 25.9. The zero-order valence-corrected chi connectivity index (χ0v) is 20.1. The van der Waals surface area contributed by atoms with E-state index in [0.29, 0.717) is 39.3 Å². The average molecular weight is 472 g/mol. The summed E-state index contributed by atoms with van der Waals surface area (Å²) >= 11 is 0. The summed E-state index contributed by atoms with van der Waals surface area (Å²) in [4.78, 5) is 23.8. The molecule has 0 saturated carbocycles. The zero-order valence-electron chi connectivity index (χ0n) is 20.1. The van der Waals surface area contributed by atoms with Gasteiger partial charge in [-0.05, 0) is 66.8 Å². The Morgan fingerprint density at radius 3 is 2.29 bits per heavy atom. The minimum Gasteiger partial charge on any atom is -0.507 e. The van der Waals surface area contributed by atoms with Gasteiger partial charge in [0.1, 0.15) is 5.75 Å². The first-order valence-corrected chi connectivity index (χ1v) is 10.8. The highest BCUT2D eigenvalue weighted by atomic mass is 16.6. The van der Waals surface area contributed by atoms with Crippen LogP contribution in [0.3, 0.4) is 0 Å². The van der Waals surface area contributed by atoms with Crippen LogP contribution in [0.2, 0.25) is 0 Å². The fourth-order valence-electron chi connectivity index (χ4n) is 3.51. The minimum absolute atomic E-state index is 0.0453. The lowest BCUT2D eigenvalue weighted by Gasteiger charge is -2.24. The molecule has 35 heavy (non-hydrogen) atoms. The Morgan fingerprint density at radius 1 is 1.09 bits per heavy atom. The molecule has 0 saturated heterocycles. The number of carbonyl (C=O) groups is 1. The van der Waals surface area contributed by atoms with Gasteiger partial charge in [0.15, 0.2) is 0 Å². The van der Waals surface area contributed by atoms with Crippen LogP contribution in [0.1, 0.15) is 53.4 Å². The van der Waals surface area contributed by atoms with E-state index >= 15 is 0 Å². The summed E-state index contributed by atoms with van der Waals surface area (Å²) in [5, 5.41) is 42.3. The number of phenols is 1. The van der Waals surface area contributed by atoms with Crippen LogP contribution in [-0.4, -0.2) is 15.9 Å². The molecule has 2 N–H and O–H groups in total. The fourth-order valence-corrected chi connectivity index (χ4v) is 3.51. The van der Waals surface area contributed by atoms with Crippen LogP contribution in [0.4, 0.5) is 22.7 Å². The van der Waals surface area contributed by atoms with Crippen LogP contribution in [0, 0.1) is 35.3 Å². The summed E-state index contributed by atoms with van der Waals surface area (Å²) in [6, 6.07) is 14.4. The van der Waals surface area contributed by atoms with Gasteiger partial charge in [-0.2, -0.15) is 15.5 Å². The van der Waals surface area contributed by atoms with E-state index in [1.54, 1.807) is 44.2 Å². The maximum Gasteiger partial charge on any atom is 0.269 e. The predicted octanol–water partition coefficient (Wildman–Crippen LogP) is 6.75. The van der Waals surface area contributed by atoms with Crippen molar-refractivity contribution in [3.63, 3.8) is 0 Å². The number of amides is 1. The van der Waals surface area contributed by atoms with E-state index in [1.807, 2.05) is 26.8 Å². The molecule has 0 aromatic heterocycles. The molecular weight excluding hydrogens is 446 g/mol. The van der Waals surface area contributed by atoms with Gasteiger partial charge < -0.3 is 10.4 Å². The molecule has 9 heteroatoms. The van der Waals surface area contributed by atoms with Crippen molar-refractivity contribution in [1.82, 2.24) is 0 Å². The summed E-state index contributed by atoms with van der Waals surface area (Å²) < 4.78 is 0. The lowest BCUT2D eigenvalue weighted by Crippen LogP contribution is -2.18. The lowest BCUT2D eigenvalue weighted by atomic mass is 9.83. The number of nitrogens with zero attached hydrogens (tertiary/aromatic N) is 4. The Hall–Kier alpha value is -4.58. The molecule has 1 amide bonds. The van der Waals surface area contributed by atoms with Crippen LogP contribution in [-0.2, 0) is 5.41 Å². The number of nitro groups is 1. The Kier molecular flexibility index (Phi) is 6.96. The number of rotatable bonds is 5. The molecular formula is C26H25N5O4. The van der Waals surface area contributed by atoms with E-state index < -0.39 is 16.2 Å². The van der Waals surface area contributed by atoms with E-state index in [-0.39, 0.29) is 17.0 Å². The number of benzene rings is 3. The van der Waals surface area contributed by atoms with Crippen molar-refractivity contribution in [2.45, 2.75) is 40.0 Å². The number of aryl methyl sites for hydroxylation is 1. The maximum absolute atomic E-state index is 13.3. The molecule has 0 fully saturated rings. The molecule has 0 aliphatic rings. The lowest BCUT2D eigenvalue weighted by molar-refractivity contribution is -0.384. The molecule has 0 atom stereocenters. The Bertz CT molecular complexity index is 1380. The normalized spacial score (nSPS) is 11.3. The first-order chi connectivity index (χ1) is 16.4. The summed E-state index contributed by atoms with van der Waals surface area (Å²) in [5.74, 6) is -0.734. The molecule has 0 unspecified atom stereocenters. The van der Waals surface area contributed by atoms with Gasteiger partial charge in [-0.15, -0.1) is 0 Å². The Balaban J connectivity index is 2.06. The van der Waals surface area contributed by atoms with E-state index in [1.165, 1.54) is 18.2 Å². The molecule has 3 rings (SSSR count). The van der Waals surface area contributed by atoms with Gasteiger partial charge in [0.25, 0.3) is 11.6 Å². The quantitative estimate of drug-likeness (QED) is 0.240. The van der Waals surface area contributed by atoms with Crippen LogP contribution in [0.15, 0.2) is 58.8 Å². The van der Waals surface area contributed by atoms with Crippen molar-refractivity contribution in [1.29, 1.82) is 5.26 Å². The second-order valence-corrected chi connectivity index (χ2v) is 9.11. The summed E-state index contributed by atoms with van der Waals surface area (Å²) in [7, 11) is 0. The number of phenolic OH excluding ortho intramolecular Hbond substituents is 1. The number of non-ortho nitro benzene ring substituents is 1. The van der Waals surface area contributed by atoms with Crippen molar-refractivity contribution in [2.75, 3.05) is 5.32 Å². The number of carbonyl (C=O) groups excluding carboxylic acids is 1. The van der Waals surface area contributed by atoms with Gasteiger partial charge in [-0.3, -0.25) is 14.9 Å². The van der Waals surface area contributed by atoms with E-state index in [2.05, 4.69) is 15.5 Å². The van der Waals surface area contributed by atoms with Crippen molar-refractivity contribution in [3.8, 4) is 11.8 Å². The number of anilines is 1. The molecule has 0 spiro atoms. The van der Waals surface area contributed by atoms with Gasteiger partial charge in [-0.1, -0.05) is 20.8 Å². The Morgan fingerprint density at radius 2 is 1.74 bits per heavy atom. The summed E-state index contributed by atoms with van der Waals surface area (Å²) in [6.07, 6.45) is 0. The fraction of sp³-hybridized carbons (Fsp3) is 0.231. The van der Waals surface area contributed by atoms with E-state index in [9.17, 15) is 20.0 Å². The molecule has 0 aliphatic carbocycles. The number of nitrogens with one attached hydrogen (secondary N) is 1. The maximum atomic E-state index is 13.3. The van der Waals surface area contributed by atoms with Crippen LogP contribution in [0.5, 0.6) is 5.75 Å². The Labute approximate surface area is 202 Å². The summed E-state index contributed by atoms with van der Waals surface area (Å²) in [6.45, 7) is 9.03. The van der Waals surface area contributed by atoms with Crippen molar-refractivity contribution >= 4 is 28.7 Å². The van der Waals surface area contributed by atoms with Crippen LogP contribution in [0.25, 0.3) is 0 Å². The van der Waals surface area contributed by atoms with E-state index in [4.69, 9.17) is 5.26 Å². The highest BCUT2D eigenvalue weighted by Gasteiger charge is 2.27. The predicted molar refractivity (Wildman–Crippen MR) is 133 cm³/mol. The minimum atomic E-state index is -0.571. The highest BCUT2D eigenvalue weighted by molar-refractivity contribution is 6.08. The molecule has 0 bridgehead atoms. The van der Waals surface area contributed by atoms with Crippen molar-refractivity contribution in [3.05, 3.63) is 86.5 Å². The second kappa shape index (κ2) is 9.73. The van der Waals surface area contributed by atoms with Gasteiger partial charge in [0.2, 0.25) is 0 Å². The number of aromatic hydroxyl groups is 1. The van der Waals surface area contributed by atoms with Crippen LogP contribution >= 0.6 is 0 Å². The van der Waals surface area contributed by atoms with Gasteiger partial charge >= 0.3 is 0 Å². The third-order valence-corrected chi connectivity index (χ3v) is 5.51. The van der Waals surface area contributed by atoms with Gasteiger partial charge in [-0.25, -0.2) is 0 Å². The number of nitriles is 1.